The predicted molar refractivity (Wildman–Crippen MR) is 100 cm³/mol. The Morgan fingerprint density at radius 2 is 2.07 bits per heavy atom. The molecule has 4 bridgehead atoms. The summed E-state index contributed by atoms with van der Waals surface area (Å²) in [4.78, 5) is 45.7. The zero-order chi connectivity index (χ0) is 20.3. The first-order chi connectivity index (χ1) is 13.4. The minimum atomic E-state index is -0.919. The molecule has 2 amide bonds. The maximum absolute atomic E-state index is 12.6. The molecule has 0 fully saturated rings. The van der Waals surface area contributed by atoms with Crippen LogP contribution < -0.4 is 10.6 Å². The van der Waals surface area contributed by atoms with Crippen molar-refractivity contribution in [2.75, 3.05) is 0 Å². The summed E-state index contributed by atoms with van der Waals surface area (Å²) in [6.45, 7) is 7.36. The molecule has 2 aromatic heterocycles. The molecule has 0 aromatic carbocycles. The quantitative estimate of drug-likeness (QED) is 0.576. The van der Waals surface area contributed by atoms with Crippen molar-refractivity contribution in [2.24, 2.45) is 5.92 Å². The van der Waals surface area contributed by atoms with Gasteiger partial charge in [-0.3, -0.25) is 9.59 Å². The van der Waals surface area contributed by atoms with Gasteiger partial charge in [0, 0.05) is 5.38 Å². The summed E-state index contributed by atoms with van der Waals surface area (Å²) in [5.41, 5.74) is 0.493. The lowest BCUT2D eigenvalue weighted by Gasteiger charge is -2.23. The molecular weight excluding hydrogens is 384 g/mol. The summed E-state index contributed by atoms with van der Waals surface area (Å²) in [5.74, 6) is -1.60. The van der Waals surface area contributed by atoms with Crippen molar-refractivity contribution in [1.29, 1.82) is 0 Å². The minimum absolute atomic E-state index is 0.0312. The number of hydrogen-bond donors (Lipinski definition) is 2. The van der Waals surface area contributed by atoms with Crippen molar-refractivity contribution in [3.05, 3.63) is 35.0 Å². The van der Waals surface area contributed by atoms with Crippen LogP contribution in [0.2, 0.25) is 0 Å². The second-order valence-corrected chi connectivity index (χ2v) is 7.49. The molecule has 2 N–H and O–H groups in total. The van der Waals surface area contributed by atoms with Crippen LogP contribution in [0, 0.1) is 5.92 Å². The van der Waals surface area contributed by atoms with Crippen molar-refractivity contribution in [3.63, 3.8) is 0 Å². The van der Waals surface area contributed by atoms with Crippen molar-refractivity contribution >= 4 is 29.1 Å². The Morgan fingerprint density at radius 1 is 1.29 bits per heavy atom. The van der Waals surface area contributed by atoms with Gasteiger partial charge in [0.15, 0.2) is 5.69 Å². The number of nitrogens with one attached hydrogen (secondary N) is 2. The number of fused-ring (bicyclic) bond motifs is 5. The van der Waals surface area contributed by atoms with Crippen molar-refractivity contribution in [3.8, 4) is 11.6 Å². The van der Waals surface area contributed by atoms with Gasteiger partial charge in [-0.1, -0.05) is 26.5 Å². The number of aromatic nitrogens is 2. The number of rotatable bonds is 2. The van der Waals surface area contributed by atoms with Crippen LogP contribution in [0.3, 0.4) is 0 Å². The summed E-state index contributed by atoms with van der Waals surface area (Å²) in [6, 6.07) is -0.919. The van der Waals surface area contributed by atoms with E-state index < -0.39 is 24.0 Å². The Kier molecular flexibility index (Phi) is 5.88. The molecule has 10 heteroatoms. The molecule has 1 aliphatic rings. The van der Waals surface area contributed by atoms with Crippen LogP contribution in [-0.2, 0) is 20.9 Å². The lowest BCUT2D eigenvalue weighted by atomic mass is 10.0. The molecule has 0 spiro atoms. The summed E-state index contributed by atoms with van der Waals surface area (Å²) < 4.78 is 10.7. The van der Waals surface area contributed by atoms with Gasteiger partial charge in [0.2, 0.25) is 11.8 Å². The van der Waals surface area contributed by atoms with E-state index in [0.717, 1.165) is 0 Å². The largest absolute Gasteiger partial charge is 0.456 e. The second kappa shape index (κ2) is 8.34. The molecule has 0 radical (unpaired) electrons. The second-order valence-electron chi connectivity index (χ2n) is 6.55. The van der Waals surface area contributed by atoms with E-state index in [-0.39, 0.29) is 36.4 Å². The van der Waals surface area contributed by atoms with Crippen LogP contribution in [0.25, 0.3) is 11.6 Å². The number of cyclic esters (lactones) is 1. The number of oxazole rings is 1. The zero-order valence-electron chi connectivity index (χ0n) is 15.4. The third kappa shape index (κ3) is 4.45. The van der Waals surface area contributed by atoms with Crippen LogP contribution in [0.5, 0.6) is 0 Å². The molecule has 0 saturated carbocycles. The van der Waals surface area contributed by atoms with Crippen molar-refractivity contribution < 1.29 is 23.5 Å². The van der Waals surface area contributed by atoms with E-state index >= 15 is 0 Å². The first kappa shape index (κ1) is 19.7. The number of nitrogens with zero attached hydrogens (tertiary/aromatic N) is 2. The van der Waals surface area contributed by atoms with Gasteiger partial charge in [0.05, 0.1) is 13.0 Å². The van der Waals surface area contributed by atoms with E-state index in [2.05, 4.69) is 27.2 Å². The standard InChI is InChI=1S/C18H20N4O5S/c1-4-10-5-13(23)19-6-14-20-12(8-28-14)17-21-11(7-26-17)16(24)22-15(9(2)3)18(25)27-10/h4,7-10,15H,1,5-6H2,2-3H3,(H,19,23)(H,22,24)/t10-,15+/m1/s1. The summed E-state index contributed by atoms with van der Waals surface area (Å²) in [5, 5.41) is 7.71. The first-order valence-electron chi connectivity index (χ1n) is 8.68. The van der Waals surface area contributed by atoms with Crippen molar-refractivity contribution in [1.82, 2.24) is 20.6 Å². The Morgan fingerprint density at radius 3 is 2.79 bits per heavy atom. The topological polar surface area (TPSA) is 123 Å². The Labute approximate surface area is 165 Å². The number of esters is 1. The van der Waals surface area contributed by atoms with Gasteiger partial charge in [-0.2, -0.15) is 0 Å². The fourth-order valence-corrected chi connectivity index (χ4v) is 3.23. The Bertz CT molecular complexity index is 903. The molecule has 0 saturated heterocycles. The third-order valence-corrected chi connectivity index (χ3v) is 4.92. The smallest absolute Gasteiger partial charge is 0.329 e. The minimum Gasteiger partial charge on any atom is -0.456 e. The molecule has 148 valence electrons. The van der Waals surface area contributed by atoms with Gasteiger partial charge in [-0.05, 0) is 5.92 Å². The molecule has 2 aromatic rings. The third-order valence-electron chi connectivity index (χ3n) is 4.07. The highest BCUT2D eigenvalue weighted by molar-refractivity contribution is 7.09. The molecule has 28 heavy (non-hydrogen) atoms. The lowest BCUT2D eigenvalue weighted by molar-refractivity contribution is -0.151. The van der Waals surface area contributed by atoms with Crippen molar-refractivity contribution in [2.45, 2.75) is 39.0 Å². The fourth-order valence-electron chi connectivity index (χ4n) is 2.52. The highest BCUT2D eigenvalue weighted by Crippen LogP contribution is 2.22. The average molecular weight is 404 g/mol. The number of amides is 2. The van der Waals surface area contributed by atoms with Gasteiger partial charge in [0.1, 0.15) is 29.1 Å². The number of carbonyl (C=O) groups excluding carboxylic acids is 3. The molecule has 0 aliphatic carbocycles. The molecule has 1 aliphatic heterocycles. The molecule has 3 rings (SSSR count). The Balaban J connectivity index is 1.93. The van der Waals surface area contributed by atoms with Gasteiger partial charge in [0.25, 0.3) is 5.91 Å². The average Bonchev–Trinajstić information content (AvgIpc) is 3.31. The Hall–Kier alpha value is -3.01. The number of hydrogen-bond acceptors (Lipinski definition) is 8. The zero-order valence-corrected chi connectivity index (χ0v) is 16.2. The van der Waals surface area contributed by atoms with E-state index in [0.29, 0.717) is 10.7 Å². The highest BCUT2D eigenvalue weighted by Gasteiger charge is 2.29. The van der Waals surface area contributed by atoms with Crippen LogP contribution in [-0.4, -0.2) is 39.9 Å². The summed E-state index contributed by atoms with van der Waals surface area (Å²) >= 11 is 1.33. The first-order valence-corrected chi connectivity index (χ1v) is 9.56. The lowest BCUT2D eigenvalue weighted by Crippen LogP contribution is -2.46. The normalized spacial score (nSPS) is 21.0. The van der Waals surface area contributed by atoms with Gasteiger partial charge in [-0.25, -0.2) is 14.8 Å². The van der Waals surface area contributed by atoms with Gasteiger partial charge in [-0.15, -0.1) is 11.3 Å². The monoisotopic (exact) mass is 404 g/mol. The van der Waals surface area contributed by atoms with Gasteiger partial charge >= 0.3 is 5.97 Å². The molecule has 9 nitrogen and oxygen atoms in total. The number of thiazole rings is 1. The number of ether oxygens (including phenoxy) is 1. The molecule has 3 heterocycles. The highest BCUT2D eigenvalue weighted by atomic mass is 32.1. The van der Waals surface area contributed by atoms with E-state index in [1.54, 1.807) is 19.2 Å². The van der Waals surface area contributed by atoms with Crippen LogP contribution in [0.15, 0.2) is 28.7 Å². The predicted octanol–water partition coefficient (Wildman–Crippen LogP) is 1.67. The maximum Gasteiger partial charge on any atom is 0.329 e. The molecular formula is C18H20N4O5S. The molecule has 0 unspecified atom stereocenters. The van der Waals surface area contributed by atoms with E-state index in [1.807, 2.05) is 0 Å². The number of carbonyl (C=O) groups is 3. The van der Waals surface area contributed by atoms with E-state index in [9.17, 15) is 14.4 Å². The fraction of sp³-hybridized carbons (Fsp3) is 0.389. The van der Waals surface area contributed by atoms with E-state index in [4.69, 9.17) is 9.15 Å². The maximum atomic E-state index is 12.6. The van der Waals surface area contributed by atoms with Gasteiger partial charge < -0.3 is 19.8 Å². The van der Waals surface area contributed by atoms with Crippen LogP contribution in [0.1, 0.15) is 35.8 Å². The molecule has 2 atom stereocenters. The summed E-state index contributed by atoms with van der Waals surface area (Å²) in [7, 11) is 0. The summed E-state index contributed by atoms with van der Waals surface area (Å²) in [6.07, 6.45) is 1.70. The van der Waals surface area contributed by atoms with Crippen LogP contribution in [0.4, 0.5) is 0 Å². The van der Waals surface area contributed by atoms with Crippen LogP contribution >= 0.6 is 11.3 Å². The van der Waals surface area contributed by atoms with E-state index in [1.165, 1.54) is 23.7 Å². The SMILES string of the molecule is C=C[C@@H]1CC(=O)NCc2nc(cs2)-c2nc(co2)C(=O)N[C@@H](C(C)C)C(=O)O1.